The van der Waals surface area contributed by atoms with Crippen LogP contribution in [0.25, 0.3) is 0 Å². The van der Waals surface area contributed by atoms with Gasteiger partial charge in [0.1, 0.15) is 5.76 Å². The van der Waals surface area contributed by atoms with E-state index >= 15 is 0 Å². The van der Waals surface area contributed by atoms with E-state index in [9.17, 15) is 9.59 Å². The molecule has 0 spiro atoms. The highest BCUT2D eigenvalue weighted by Crippen LogP contribution is 2.33. The van der Waals surface area contributed by atoms with E-state index in [2.05, 4.69) is 17.1 Å². The van der Waals surface area contributed by atoms with Crippen molar-refractivity contribution < 1.29 is 28.3 Å². The van der Waals surface area contributed by atoms with Crippen LogP contribution in [0, 0.1) is 6.92 Å². The number of aryl methyl sites for hydroxylation is 1. The molecule has 0 saturated heterocycles. The normalized spacial score (nSPS) is 11.4. The van der Waals surface area contributed by atoms with E-state index in [4.69, 9.17) is 18.7 Å². The van der Waals surface area contributed by atoms with Gasteiger partial charge in [-0.25, -0.2) is 4.79 Å². The molecule has 144 valence electrons. The maximum Gasteiger partial charge on any atom is 0.339 e. The average molecular weight is 374 g/mol. The van der Waals surface area contributed by atoms with Crippen LogP contribution in [0.1, 0.15) is 28.6 Å². The van der Waals surface area contributed by atoms with Crippen molar-refractivity contribution in [3.63, 3.8) is 0 Å². The number of anilines is 1. The molecule has 1 amide bonds. The summed E-state index contributed by atoms with van der Waals surface area (Å²) in [5, 5.41) is 6.17. The molecule has 0 aliphatic heterocycles. The van der Waals surface area contributed by atoms with E-state index in [1.165, 1.54) is 27.2 Å². The number of nitrogens with one attached hydrogen (secondary N) is 1. The Morgan fingerprint density at radius 3 is 2.59 bits per heavy atom. The molecule has 2 rings (SSSR count). The Kier molecular flexibility index (Phi) is 6.59. The van der Waals surface area contributed by atoms with E-state index in [-0.39, 0.29) is 11.4 Å². The lowest BCUT2D eigenvalue weighted by atomic mass is 10.1. The van der Waals surface area contributed by atoms with E-state index in [0.717, 1.165) is 0 Å². The smallest absolute Gasteiger partial charge is 0.339 e. The predicted octanol–water partition coefficient (Wildman–Crippen LogP) is 2.91. The molecule has 0 saturated carbocycles. The number of carbonyl (C=O) groups excluding carboxylic acids is 2. The van der Waals surface area contributed by atoms with Crippen LogP contribution in [0.2, 0.25) is 0 Å². The van der Waals surface area contributed by atoms with Crippen molar-refractivity contribution in [2.75, 3.05) is 19.5 Å². The summed E-state index contributed by atoms with van der Waals surface area (Å²) in [5.74, 6) is 0.513. The van der Waals surface area contributed by atoms with Crippen molar-refractivity contribution in [1.82, 2.24) is 5.16 Å². The monoisotopic (exact) mass is 374 g/mol. The molecule has 0 aliphatic rings. The average Bonchev–Trinajstić information content (AvgIpc) is 3.05. The number of methoxy groups -OCH3 is 2. The lowest BCUT2D eigenvalue weighted by molar-refractivity contribution is -0.123. The van der Waals surface area contributed by atoms with Crippen LogP contribution in [0.5, 0.6) is 11.5 Å². The number of aromatic nitrogens is 1. The topological polar surface area (TPSA) is 99.9 Å². The molecule has 27 heavy (non-hydrogen) atoms. The number of hydrogen-bond donors (Lipinski definition) is 1. The summed E-state index contributed by atoms with van der Waals surface area (Å²) >= 11 is 0. The van der Waals surface area contributed by atoms with Gasteiger partial charge in [0.25, 0.3) is 5.91 Å². The first kappa shape index (κ1) is 20.0. The minimum atomic E-state index is -1.04. The molecular weight excluding hydrogens is 352 g/mol. The van der Waals surface area contributed by atoms with E-state index in [1.807, 2.05) is 0 Å². The zero-order valence-electron chi connectivity index (χ0n) is 15.7. The molecular formula is C19H22N2O6. The maximum atomic E-state index is 12.5. The lowest BCUT2D eigenvalue weighted by Crippen LogP contribution is -2.30. The Bertz CT molecular complexity index is 843. The zero-order valence-corrected chi connectivity index (χ0v) is 15.7. The summed E-state index contributed by atoms with van der Waals surface area (Å²) in [4.78, 5) is 24.6. The quantitative estimate of drug-likeness (QED) is 0.560. The summed E-state index contributed by atoms with van der Waals surface area (Å²) in [6.07, 6.45) is 1.12. The van der Waals surface area contributed by atoms with Crippen LogP contribution >= 0.6 is 0 Å². The van der Waals surface area contributed by atoms with Gasteiger partial charge in [-0.05, 0) is 32.4 Å². The molecule has 0 radical (unpaired) electrons. The SMILES string of the molecule is C=CCc1cc(C(=O)OC(C)C(=O)Nc2cc(C)on2)cc(OC)c1OC. The predicted molar refractivity (Wildman–Crippen MR) is 98.2 cm³/mol. The third kappa shape index (κ3) is 4.87. The zero-order chi connectivity index (χ0) is 20.0. The number of allylic oxidation sites excluding steroid dienone is 1. The summed E-state index contributed by atoms with van der Waals surface area (Å²) in [5.41, 5.74) is 0.954. The van der Waals surface area contributed by atoms with Gasteiger partial charge < -0.3 is 24.1 Å². The van der Waals surface area contributed by atoms with Gasteiger partial charge in [-0.2, -0.15) is 0 Å². The Balaban J connectivity index is 2.15. The molecule has 0 aliphatic carbocycles. The second-order valence-corrected chi connectivity index (χ2v) is 5.72. The van der Waals surface area contributed by atoms with E-state index in [1.54, 1.807) is 25.1 Å². The number of esters is 1. The fourth-order valence-corrected chi connectivity index (χ4v) is 2.40. The first-order valence-corrected chi connectivity index (χ1v) is 8.20. The van der Waals surface area contributed by atoms with E-state index < -0.39 is 18.0 Å². The number of carbonyl (C=O) groups is 2. The van der Waals surface area contributed by atoms with Crippen LogP contribution in [-0.4, -0.2) is 37.4 Å². The van der Waals surface area contributed by atoms with E-state index in [0.29, 0.717) is 29.2 Å². The van der Waals surface area contributed by atoms with Gasteiger partial charge >= 0.3 is 5.97 Å². The standard InChI is InChI=1S/C19H22N2O6/c1-6-7-13-9-14(10-15(24-4)17(13)25-5)19(23)26-12(3)18(22)20-16-8-11(2)27-21-16/h6,8-10,12H,1,7H2,2-5H3,(H,20,21,22). The van der Waals surface area contributed by atoms with Gasteiger partial charge in [-0.3, -0.25) is 4.79 Å². The molecule has 1 unspecified atom stereocenters. The Morgan fingerprint density at radius 2 is 2.04 bits per heavy atom. The summed E-state index contributed by atoms with van der Waals surface area (Å²) in [7, 11) is 2.99. The largest absolute Gasteiger partial charge is 0.493 e. The first-order valence-electron chi connectivity index (χ1n) is 8.20. The number of ether oxygens (including phenoxy) is 3. The third-order valence-corrected chi connectivity index (χ3v) is 3.69. The minimum Gasteiger partial charge on any atom is -0.493 e. The summed E-state index contributed by atoms with van der Waals surface area (Å²) in [6.45, 7) is 6.86. The molecule has 1 atom stereocenters. The van der Waals surface area contributed by atoms with Crippen molar-refractivity contribution in [2.24, 2.45) is 0 Å². The molecule has 1 N–H and O–H groups in total. The minimum absolute atomic E-state index is 0.237. The molecule has 1 heterocycles. The molecule has 1 aromatic carbocycles. The number of amides is 1. The van der Waals surface area contributed by atoms with Crippen molar-refractivity contribution >= 4 is 17.7 Å². The molecule has 2 aromatic rings. The van der Waals surface area contributed by atoms with Crippen LogP contribution in [-0.2, 0) is 16.0 Å². The number of hydrogen-bond acceptors (Lipinski definition) is 7. The molecule has 8 nitrogen and oxygen atoms in total. The molecule has 8 heteroatoms. The fraction of sp³-hybridized carbons (Fsp3) is 0.316. The fourth-order valence-electron chi connectivity index (χ4n) is 2.40. The Hall–Kier alpha value is -3.29. The van der Waals surface area contributed by atoms with Crippen molar-refractivity contribution in [2.45, 2.75) is 26.4 Å². The Morgan fingerprint density at radius 1 is 1.30 bits per heavy atom. The highest BCUT2D eigenvalue weighted by molar-refractivity contribution is 5.97. The Labute approximate surface area is 157 Å². The lowest BCUT2D eigenvalue weighted by Gasteiger charge is -2.16. The van der Waals surface area contributed by atoms with Gasteiger partial charge in [-0.15, -0.1) is 6.58 Å². The number of nitrogens with zero attached hydrogens (tertiary/aromatic N) is 1. The van der Waals surface area contributed by atoms with Crippen molar-refractivity contribution in [1.29, 1.82) is 0 Å². The molecule has 0 fully saturated rings. The molecule has 0 bridgehead atoms. The highest BCUT2D eigenvalue weighted by atomic mass is 16.5. The van der Waals surface area contributed by atoms with Gasteiger partial charge in [0.2, 0.25) is 0 Å². The van der Waals surface area contributed by atoms with Crippen molar-refractivity contribution in [3.8, 4) is 11.5 Å². The van der Waals surface area contributed by atoms with Crippen LogP contribution in [0.4, 0.5) is 5.82 Å². The van der Waals surface area contributed by atoms with Gasteiger partial charge in [-0.1, -0.05) is 11.2 Å². The maximum absolute atomic E-state index is 12.5. The van der Waals surface area contributed by atoms with Crippen LogP contribution in [0.3, 0.4) is 0 Å². The van der Waals surface area contributed by atoms with Crippen LogP contribution < -0.4 is 14.8 Å². The summed E-state index contributed by atoms with van der Waals surface area (Å²) in [6, 6.07) is 4.68. The first-order chi connectivity index (χ1) is 12.9. The number of rotatable bonds is 8. The number of benzene rings is 1. The second kappa shape index (κ2) is 8.88. The van der Waals surface area contributed by atoms with Gasteiger partial charge in [0.15, 0.2) is 23.4 Å². The summed E-state index contributed by atoms with van der Waals surface area (Å²) < 4.78 is 20.7. The third-order valence-electron chi connectivity index (χ3n) is 3.69. The molecule has 1 aromatic heterocycles. The van der Waals surface area contributed by atoms with Crippen molar-refractivity contribution in [3.05, 3.63) is 47.7 Å². The van der Waals surface area contributed by atoms with Crippen LogP contribution in [0.15, 0.2) is 35.4 Å². The second-order valence-electron chi connectivity index (χ2n) is 5.72. The highest BCUT2D eigenvalue weighted by Gasteiger charge is 2.22. The van der Waals surface area contributed by atoms with Gasteiger partial charge in [0.05, 0.1) is 19.8 Å². The van der Waals surface area contributed by atoms with Gasteiger partial charge in [0, 0.05) is 11.6 Å².